The fourth-order valence-corrected chi connectivity index (χ4v) is 11.6. The first-order chi connectivity index (χ1) is 32.5. The van der Waals surface area contributed by atoms with Crippen LogP contribution in [0.4, 0.5) is 17.1 Å². The maximum absolute atomic E-state index is 6.68. The lowest BCUT2D eigenvalue weighted by Crippen LogP contribution is -2.28. The van der Waals surface area contributed by atoms with Crippen molar-refractivity contribution in [3.63, 3.8) is 0 Å². The Bertz CT molecular complexity index is 3620. The van der Waals surface area contributed by atoms with E-state index in [0.717, 1.165) is 44.6 Å². The minimum Gasteiger partial charge on any atom is -0.456 e. The molecular weight excluding hydrogens is 799 g/mol. The predicted molar refractivity (Wildman–Crippen MR) is 274 cm³/mol. The van der Waals surface area contributed by atoms with E-state index in [-0.39, 0.29) is 5.41 Å². The zero-order valence-electron chi connectivity index (χ0n) is 36.9. The molecule has 0 saturated heterocycles. The summed E-state index contributed by atoms with van der Waals surface area (Å²) in [6.07, 6.45) is 0. The molecule has 0 radical (unpaired) electrons. The van der Waals surface area contributed by atoms with Gasteiger partial charge < -0.3 is 9.32 Å². The highest BCUT2D eigenvalue weighted by atomic mass is 16.3. The molecule has 0 N–H and O–H groups in total. The van der Waals surface area contributed by atoms with E-state index in [9.17, 15) is 0 Å². The van der Waals surface area contributed by atoms with Gasteiger partial charge >= 0.3 is 0 Å². The number of furan rings is 1. The van der Waals surface area contributed by atoms with Crippen molar-refractivity contribution in [1.29, 1.82) is 0 Å². The summed E-state index contributed by atoms with van der Waals surface area (Å²) in [5.41, 5.74) is 22.2. The van der Waals surface area contributed by atoms with E-state index >= 15 is 0 Å². The molecular formula is C64H45NO. The molecule has 1 heterocycles. The highest BCUT2D eigenvalue weighted by molar-refractivity contribution is 6.09. The second-order valence-electron chi connectivity index (χ2n) is 18.4. The molecule has 0 spiro atoms. The molecule has 0 saturated carbocycles. The summed E-state index contributed by atoms with van der Waals surface area (Å²) in [7, 11) is 0. The molecule has 2 aliphatic rings. The van der Waals surface area contributed by atoms with Gasteiger partial charge in [-0.1, -0.05) is 202 Å². The van der Waals surface area contributed by atoms with Crippen molar-refractivity contribution < 1.29 is 4.42 Å². The van der Waals surface area contributed by atoms with Crippen LogP contribution in [0.25, 0.3) is 66.4 Å². The van der Waals surface area contributed by atoms with Crippen LogP contribution >= 0.6 is 0 Å². The minimum absolute atomic E-state index is 0.133. The summed E-state index contributed by atoms with van der Waals surface area (Å²) in [6.45, 7) is 4.71. The zero-order chi connectivity index (χ0) is 44.0. The third-order valence-corrected chi connectivity index (χ3v) is 14.6. The number of rotatable bonds is 7. The second-order valence-corrected chi connectivity index (χ2v) is 18.4. The van der Waals surface area contributed by atoms with Gasteiger partial charge in [-0.25, -0.2) is 0 Å². The van der Waals surface area contributed by atoms with Crippen molar-refractivity contribution in [3.05, 3.63) is 270 Å². The summed E-state index contributed by atoms with van der Waals surface area (Å²) in [4.78, 5) is 2.45. The third-order valence-electron chi connectivity index (χ3n) is 14.6. The van der Waals surface area contributed by atoms with E-state index in [2.05, 4.69) is 255 Å². The van der Waals surface area contributed by atoms with Gasteiger partial charge in [-0.05, 0) is 121 Å². The first kappa shape index (κ1) is 38.3. The average molecular weight is 844 g/mol. The lowest BCUT2D eigenvalue weighted by Gasteiger charge is -2.34. The third kappa shape index (κ3) is 5.55. The predicted octanol–water partition coefficient (Wildman–Crippen LogP) is 17.1. The molecule has 0 bridgehead atoms. The molecule has 0 aliphatic heterocycles. The second kappa shape index (κ2) is 14.7. The van der Waals surface area contributed by atoms with Crippen molar-refractivity contribution in [2.24, 2.45) is 0 Å². The molecule has 0 fully saturated rings. The van der Waals surface area contributed by atoms with E-state index < -0.39 is 5.41 Å². The zero-order valence-corrected chi connectivity index (χ0v) is 36.9. The number of anilines is 3. The summed E-state index contributed by atoms with van der Waals surface area (Å²) >= 11 is 0. The molecule has 0 amide bonds. The molecule has 11 aromatic rings. The topological polar surface area (TPSA) is 16.4 Å². The Kier molecular flexibility index (Phi) is 8.51. The van der Waals surface area contributed by atoms with Gasteiger partial charge in [-0.3, -0.25) is 0 Å². The number of nitrogens with zero attached hydrogens (tertiary/aromatic N) is 1. The molecule has 10 aromatic carbocycles. The van der Waals surface area contributed by atoms with Gasteiger partial charge in [-0.15, -0.1) is 0 Å². The van der Waals surface area contributed by atoms with Crippen molar-refractivity contribution >= 4 is 39.0 Å². The van der Waals surface area contributed by atoms with Gasteiger partial charge in [0.25, 0.3) is 0 Å². The van der Waals surface area contributed by atoms with Crippen molar-refractivity contribution in [2.45, 2.75) is 24.7 Å². The molecule has 2 nitrogen and oxygen atoms in total. The van der Waals surface area contributed by atoms with Crippen molar-refractivity contribution in [2.75, 3.05) is 4.90 Å². The Balaban J connectivity index is 1.01. The molecule has 2 aliphatic carbocycles. The van der Waals surface area contributed by atoms with Crippen molar-refractivity contribution in [3.8, 4) is 44.5 Å². The van der Waals surface area contributed by atoms with Crippen LogP contribution in [0.3, 0.4) is 0 Å². The standard InChI is InChI=1S/C64H45NO/c1-63(2)54-27-14-12-24-50(54)62-56(63)29-17-31-58(62)65(47-35-32-43(33-36-47)42-18-6-3-7-19-42)48-37-39-60-53(41-48)52-40-44(34-38-59(52)66-60)49-26-16-30-57-61(49)51-25-13-15-28-55(51)64(57,45-20-8-4-9-21-45)46-22-10-5-11-23-46/h3-41H,1-2H3. The van der Waals surface area contributed by atoms with E-state index in [4.69, 9.17) is 4.42 Å². The van der Waals surface area contributed by atoms with Crippen LogP contribution in [0.1, 0.15) is 47.2 Å². The van der Waals surface area contributed by atoms with E-state index in [1.807, 2.05) is 0 Å². The van der Waals surface area contributed by atoms with Gasteiger partial charge in [0, 0.05) is 33.1 Å². The lowest BCUT2D eigenvalue weighted by molar-refractivity contribution is 0.660. The maximum atomic E-state index is 6.68. The number of benzene rings is 10. The molecule has 312 valence electrons. The minimum atomic E-state index is -0.470. The first-order valence-electron chi connectivity index (χ1n) is 23.0. The highest BCUT2D eigenvalue weighted by Crippen LogP contribution is 2.59. The number of fused-ring (bicyclic) bond motifs is 9. The molecule has 1 aromatic heterocycles. The summed E-state index contributed by atoms with van der Waals surface area (Å²) in [6, 6.07) is 86.8. The fraction of sp³-hybridized carbons (Fsp3) is 0.0625. The number of hydrogen-bond acceptors (Lipinski definition) is 2. The summed E-state index contributed by atoms with van der Waals surface area (Å²) < 4.78 is 6.68. The first-order valence-corrected chi connectivity index (χ1v) is 23.0. The molecule has 2 heteroatoms. The van der Waals surface area contributed by atoms with Crippen LogP contribution in [0.15, 0.2) is 241 Å². The normalized spacial score (nSPS) is 13.8. The average Bonchev–Trinajstić information content (AvgIpc) is 3.98. The Morgan fingerprint density at radius 3 is 1.56 bits per heavy atom. The largest absolute Gasteiger partial charge is 0.456 e. The van der Waals surface area contributed by atoms with Crippen LogP contribution in [-0.4, -0.2) is 0 Å². The number of hydrogen-bond donors (Lipinski definition) is 0. The van der Waals surface area contributed by atoms with Gasteiger partial charge in [0.15, 0.2) is 0 Å². The summed E-state index contributed by atoms with van der Waals surface area (Å²) in [5.74, 6) is 0. The van der Waals surface area contributed by atoms with Crippen molar-refractivity contribution in [1.82, 2.24) is 0 Å². The smallest absolute Gasteiger partial charge is 0.135 e. The monoisotopic (exact) mass is 843 g/mol. The molecule has 0 unspecified atom stereocenters. The van der Waals surface area contributed by atoms with Crippen LogP contribution < -0.4 is 4.90 Å². The van der Waals surface area contributed by atoms with Gasteiger partial charge in [0.2, 0.25) is 0 Å². The van der Waals surface area contributed by atoms with E-state index in [1.165, 1.54) is 72.3 Å². The van der Waals surface area contributed by atoms with Crippen LogP contribution in [0.5, 0.6) is 0 Å². The molecule has 0 atom stereocenters. The van der Waals surface area contributed by atoms with Crippen LogP contribution in [0.2, 0.25) is 0 Å². The quantitative estimate of drug-likeness (QED) is 0.159. The van der Waals surface area contributed by atoms with E-state index in [1.54, 1.807) is 0 Å². The Morgan fingerprint density at radius 1 is 0.348 bits per heavy atom. The van der Waals surface area contributed by atoms with E-state index in [0.29, 0.717) is 0 Å². The Hall–Kier alpha value is -8.20. The van der Waals surface area contributed by atoms with Gasteiger partial charge in [-0.2, -0.15) is 0 Å². The Labute approximate surface area is 385 Å². The van der Waals surface area contributed by atoms with Gasteiger partial charge in [0.1, 0.15) is 11.2 Å². The summed E-state index contributed by atoms with van der Waals surface area (Å²) in [5, 5.41) is 2.18. The van der Waals surface area contributed by atoms with Crippen LogP contribution in [0, 0.1) is 0 Å². The lowest BCUT2D eigenvalue weighted by atomic mass is 9.67. The SMILES string of the molecule is CC1(C)c2ccccc2-c2c(N(c3ccc(-c4ccccc4)cc3)c3ccc4oc5ccc(-c6cccc7c6-c6ccccc6C7(c6ccccc6)c6ccccc6)cc5c4c3)cccc21. The molecule has 13 rings (SSSR count). The highest BCUT2D eigenvalue weighted by Gasteiger charge is 2.47. The van der Waals surface area contributed by atoms with Gasteiger partial charge in [0.05, 0.1) is 11.1 Å². The maximum Gasteiger partial charge on any atom is 0.135 e. The molecule has 66 heavy (non-hydrogen) atoms. The fourth-order valence-electron chi connectivity index (χ4n) is 11.6. The Morgan fingerprint density at radius 2 is 0.848 bits per heavy atom. The van der Waals surface area contributed by atoms with Crippen LogP contribution in [-0.2, 0) is 10.8 Å².